The maximum Gasteiger partial charge on any atom is 0.339 e. The van der Waals surface area contributed by atoms with Gasteiger partial charge in [0.2, 0.25) is 0 Å². The molecule has 0 radical (unpaired) electrons. The Morgan fingerprint density at radius 1 is 1.21 bits per heavy atom. The smallest absolute Gasteiger partial charge is 0.339 e. The van der Waals surface area contributed by atoms with Crippen molar-refractivity contribution in [1.82, 2.24) is 0 Å². The third kappa shape index (κ3) is 4.36. The average molecular weight is 400 g/mol. The van der Waals surface area contributed by atoms with Crippen molar-refractivity contribution in [3.8, 4) is 11.3 Å². The monoisotopic (exact) mass is 399 g/mol. The van der Waals surface area contributed by atoms with E-state index in [-0.39, 0.29) is 16.3 Å². The number of hydrazone groups is 1. The van der Waals surface area contributed by atoms with Crippen LogP contribution in [-0.2, 0) is 4.74 Å². The van der Waals surface area contributed by atoms with E-state index in [0.717, 1.165) is 0 Å². The van der Waals surface area contributed by atoms with Gasteiger partial charge in [-0.1, -0.05) is 17.7 Å². The Balaban J connectivity index is 1.68. The van der Waals surface area contributed by atoms with E-state index in [4.69, 9.17) is 16.0 Å². The number of non-ortho nitro benzene ring substituents is 1. The molecule has 8 nitrogen and oxygen atoms in total. The summed E-state index contributed by atoms with van der Waals surface area (Å²) in [4.78, 5) is 21.7. The minimum absolute atomic E-state index is 0.00193. The Hall–Kier alpha value is -3.65. The summed E-state index contributed by atoms with van der Waals surface area (Å²) >= 11 is 6.12. The molecule has 0 amide bonds. The minimum Gasteiger partial charge on any atom is -0.465 e. The van der Waals surface area contributed by atoms with E-state index in [0.29, 0.717) is 22.8 Å². The van der Waals surface area contributed by atoms with Gasteiger partial charge < -0.3 is 9.15 Å². The van der Waals surface area contributed by atoms with Crippen LogP contribution in [0.3, 0.4) is 0 Å². The lowest BCUT2D eigenvalue weighted by Gasteiger charge is -2.04. The van der Waals surface area contributed by atoms with Gasteiger partial charge in [-0.2, -0.15) is 5.10 Å². The van der Waals surface area contributed by atoms with Gasteiger partial charge >= 0.3 is 5.97 Å². The van der Waals surface area contributed by atoms with Crippen molar-refractivity contribution in [3.05, 3.63) is 81.1 Å². The largest absolute Gasteiger partial charge is 0.465 e. The highest BCUT2D eigenvalue weighted by Crippen LogP contribution is 2.27. The molecule has 0 bridgehead atoms. The quantitative estimate of drug-likeness (QED) is 0.277. The van der Waals surface area contributed by atoms with Gasteiger partial charge in [0.05, 0.1) is 34.5 Å². The number of hydrogen-bond donors (Lipinski definition) is 1. The molecule has 9 heteroatoms. The molecular formula is C19H14ClN3O5. The van der Waals surface area contributed by atoms with Crippen LogP contribution in [0.2, 0.25) is 5.02 Å². The van der Waals surface area contributed by atoms with Gasteiger partial charge in [0.1, 0.15) is 11.5 Å². The fourth-order valence-corrected chi connectivity index (χ4v) is 2.61. The summed E-state index contributed by atoms with van der Waals surface area (Å²) in [6, 6.07) is 14.2. The highest BCUT2D eigenvalue weighted by Gasteiger charge is 2.13. The van der Waals surface area contributed by atoms with Gasteiger partial charge in [-0.3, -0.25) is 15.5 Å². The molecule has 2 aromatic carbocycles. The van der Waals surface area contributed by atoms with Crippen LogP contribution in [0.25, 0.3) is 11.3 Å². The Labute approximate surface area is 164 Å². The van der Waals surface area contributed by atoms with Gasteiger partial charge in [-0.15, -0.1) is 0 Å². The fraction of sp³-hybridized carbons (Fsp3) is 0.0526. The third-order valence-electron chi connectivity index (χ3n) is 3.75. The number of nitro groups is 1. The van der Waals surface area contributed by atoms with Crippen LogP contribution in [0, 0.1) is 10.1 Å². The van der Waals surface area contributed by atoms with Crippen molar-refractivity contribution in [3.63, 3.8) is 0 Å². The average Bonchev–Trinajstić information content (AvgIpc) is 3.16. The number of ether oxygens (including phenoxy) is 1. The zero-order valence-electron chi connectivity index (χ0n) is 14.6. The third-order valence-corrected chi connectivity index (χ3v) is 4.06. The first-order chi connectivity index (χ1) is 13.5. The first-order valence-corrected chi connectivity index (χ1v) is 8.37. The molecule has 28 heavy (non-hydrogen) atoms. The Morgan fingerprint density at radius 3 is 2.61 bits per heavy atom. The standard InChI is InChI=1S/C19H14ClN3O5/c1-27-19(24)16-8-2-12(10-17(16)20)18-9-7-15(28-18)11-21-22-13-3-5-14(6-4-13)23(25)26/h2-11,22H,1H3/b21-11-. The van der Waals surface area contributed by atoms with Crippen LogP contribution in [-0.4, -0.2) is 24.2 Å². The SMILES string of the molecule is COC(=O)c1ccc(-c2ccc(/C=N\Nc3ccc([N+](=O)[O-])cc3)o2)cc1Cl. The van der Waals surface area contributed by atoms with E-state index in [1.54, 1.807) is 42.5 Å². The van der Waals surface area contributed by atoms with Crippen LogP contribution in [0.1, 0.15) is 16.1 Å². The number of furan rings is 1. The van der Waals surface area contributed by atoms with Crippen molar-refractivity contribution < 1.29 is 18.9 Å². The second-order valence-electron chi connectivity index (χ2n) is 5.56. The number of methoxy groups -OCH3 is 1. The number of rotatable bonds is 6. The Bertz CT molecular complexity index is 1040. The molecule has 1 heterocycles. The van der Waals surface area contributed by atoms with E-state index in [9.17, 15) is 14.9 Å². The number of anilines is 1. The molecule has 1 N–H and O–H groups in total. The van der Waals surface area contributed by atoms with E-state index < -0.39 is 10.9 Å². The molecule has 0 aliphatic carbocycles. The van der Waals surface area contributed by atoms with Crippen LogP contribution in [0.5, 0.6) is 0 Å². The number of nitrogens with one attached hydrogen (secondary N) is 1. The molecular weight excluding hydrogens is 386 g/mol. The molecule has 1 aromatic heterocycles. The summed E-state index contributed by atoms with van der Waals surface area (Å²) in [5.74, 6) is 0.522. The predicted octanol–water partition coefficient (Wildman–Crippen LogP) is 4.74. The summed E-state index contributed by atoms with van der Waals surface area (Å²) in [6.07, 6.45) is 1.47. The summed E-state index contributed by atoms with van der Waals surface area (Å²) in [5.41, 5.74) is 4.32. The summed E-state index contributed by atoms with van der Waals surface area (Å²) in [5, 5.41) is 14.9. The second kappa shape index (κ2) is 8.36. The van der Waals surface area contributed by atoms with Crippen molar-refractivity contribution >= 4 is 35.2 Å². The number of carbonyl (C=O) groups is 1. The maximum absolute atomic E-state index is 11.6. The lowest BCUT2D eigenvalue weighted by atomic mass is 10.1. The lowest BCUT2D eigenvalue weighted by molar-refractivity contribution is -0.384. The lowest BCUT2D eigenvalue weighted by Crippen LogP contribution is -2.01. The van der Waals surface area contributed by atoms with Crippen LogP contribution >= 0.6 is 11.6 Å². The number of esters is 1. The highest BCUT2D eigenvalue weighted by atomic mass is 35.5. The van der Waals surface area contributed by atoms with Crippen molar-refractivity contribution in [2.75, 3.05) is 12.5 Å². The first-order valence-electron chi connectivity index (χ1n) is 7.99. The van der Waals surface area contributed by atoms with Gasteiger partial charge in [-0.05, 0) is 36.4 Å². The van der Waals surface area contributed by atoms with E-state index in [2.05, 4.69) is 15.3 Å². The Kier molecular flexibility index (Phi) is 5.71. The molecule has 142 valence electrons. The number of halogens is 1. The van der Waals surface area contributed by atoms with Gasteiger partial charge in [0.15, 0.2) is 0 Å². The van der Waals surface area contributed by atoms with E-state index in [1.165, 1.54) is 25.5 Å². The number of hydrogen-bond acceptors (Lipinski definition) is 7. The number of carbonyl (C=O) groups excluding carboxylic acids is 1. The summed E-state index contributed by atoms with van der Waals surface area (Å²) in [7, 11) is 1.29. The minimum atomic E-state index is -0.513. The normalized spacial score (nSPS) is 10.8. The highest BCUT2D eigenvalue weighted by molar-refractivity contribution is 6.33. The van der Waals surface area contributed by atoms with Crippen LogP contribution in [0.15, 0.2) is 64.1 Å². The first kappa shape index (κ1) is 19.1. The maximum atomic E-state index is 11.6. The number of benzene rings is 2. The summed E-state index contributed by atoms with van der Waals surface area (Å²) in [6.45, 7) is 0. The summed E-state index contributed by atoms with van der Waals surface area (Å²) < 4.78 is 10.3. The van der Waals surface area contributed by atoms with Crippen LogP contribution < -0.4 is 5.43 Å². The van der Waals surface area contributed by atoms with Crippen molar-refractivity contribution in [1.29, 1.82) is 0 Å². The molecule has 0 aliphatic heterocycles. The second-order valence-corrected chi connectivity index (χ2v) is 5.97. The van der Waals surface area contributed by atoms with E-state index >= 15 is 0 Å². The number of nitro benzene ring substituents is 1. The number of nitrogens with zero attached hydrogens (tertiary/aromatic N) is 2. The molecule has 0 saturated heterocycles. The van der Waals surface area contributed by atoms with Gasteiger partial charge in [-0.25, -0.2) is 4.79 Å². The molecule has 0 saturated carbocycles. The van der Waals surface area contributed by atoms with Gasteiger partial charge in [0, 0.05) is 17.7 Å². The molecule has 0 spiro atoms. The molecule has 0 atom stereocenters. The molecule has 3 rings (SSSR count). The zero-order chi connectivity index (χ0) is 20.1. The van der Waals surface area contributed by atoms with Crippen molar-refractivity contribution in [2.45, 2.75) is 0 Å². The van der Waals surface area contributed by atoms with E-state index in [1.807, 2.05) is 0 Å². The van der Waals surface area contributed by atoms with Crippen molar-refractivity contribution in [2.24, 2.45) is 5.10 Å². The topological polar surface area (TPSA) is 107 Å². The van der Waals surface area contributed by atoms with Gasteiger partial charge in [0.25, 0.3) is 5.69 Å². The predicted molar refractivity (Wildman–Crippen MR) is 105 cm³/mol. The zero-order valence-corrected chi connectivity index (χ0v) is 15.3. The molecule has 3 aromatic rings. The molecule has 0 aliphatic rings. The molecule has 0 unspecified atom stereocenters. The molecule has 0 fully saturated rings. The fourth-order valence-electron chi connectivity index (χ4n) is 2.35. The van der Waals surface area contributed by atoms with Crippen LogP contribution in [0.4, 0.5) is 11.4 Å². The Morgan fingerprint density at radius 2 is 1.96 bits per heavy atom.